The molecule has 0 radical (unpaired) electrons. The highest BCUT2D eigenvalue weighted by Crippen LogP contribution is 2.25. The Hall–Kier alpha value is -3.46. The largest absolute Gasteiger partial charge is 0.435 e. The first kappa shape index (κ1) is 22.7. The van der Waals surface area contributed by atoms with E-state index in [1.54, 1.807) is 18.2 Å². The van der Waals surface area contributed by atoms with E-state index in [9.17, 15) is 13.6 Å². The topological polar surface area (TPSA) is 70.8 Å². The number of piperazine rings is 1. The number of aromatic nitrogens is 1. The van der Waals surface area contributed by atoms with Gasteiger partial charge in [0, 0.05) is 44.0 Å². The summed E-state index contributed by atoms with van der Waals surface area (Å²) >= 11 is 0. The molecule has 1 aliphatic rings. The number of alkyl halides is 2. The number of rotatable bonds is 7. The zero-order valence-corrected chi connectivity index (χ0v) is 18.6. The molecule has 0 unspecified atom stereocenters. The minimum atomic E-state index is -2.87. The lowest BCUT2D eigenvalue weighted by molar-refractivity contribution is -0.0498. The van der Waals surface area contributed by atoms with Crippen LogP contribution in [0.1, 0.15) is 27.4 Å². The van der Waals surface area contributed by atoms with Gasteiger partial charge >= 0.3 is 6.61 Å². The van der Waals surface area contributed by atoms with Crippen molar-refractivity contribution in [2.75, 3.05) is 31.5 Å². The quantitative estimate of drug-likeness (QED) is 0.561. The zero-order chi connectivity index (χ0) is 23.4. The van der Waals surface area contributed by atoms with Gasteiger partial charge in [-0.2, -0.15) is 8.78 Å². The highest BCUT2D eigenvalue weighted by atomic mass is 19.3. The van der Waals surface area contributed by atoms with Gasteiger partial charge in [0.1, 0.15) is 11.5 Å². The minimum Gasteiger partial charge on any atom is -0.435 e. The van der Waals surface area contributed by atoms with Gasteiger partial charge in [0.15, 0.2) is 0 Å². The molecule has 1 N–H and O–H groups in total. The molecule has 2 heterocycles. The maximum Gasteiger partial charge on any atom is 0.387 e. The van der Waals surface area contributed by atoms with Crippen LogP contribution < -0.4 is 10.1 Å². The van der Waals surface area contributed by atoms with Gasteiger partial charge in [0.25, 0.3) is 5.91 Å². The first-order valence-corrected chi connectivity index (χ1v) is 10.7. The highest BCUT2D eigenvalue weighted by molar-refractivity contribution is 6.00. The molecule has 3 aromatic rings. The van der Waals surface area contributed by atoms with Crippen LogP contribution >= 0.6 is 0 Å². The molecule has 9 heteroatoms. The SMILES string of the molecule is Cc1noc(C)c1CN1CCN(C(=O)c2ccccc2Nc2ccc(OC(F)F)cc2)CC1. The highest BCUT2D eigenvalue weighted by Gasteiger charge is 2.25. The Kier molecular flexibility index (Phi) is 6.88. The fraction of sp³-hybridized carbons (Fsp3) is 0.333. The summed E-state index contributed by atoms with van der Waals surface area (Å²) in [4.78, 5) is 17.4. The summed E-state index contributed by atoms with van der Waals surface area (Å²) in [5.74, 6) is 0.863. The van der Waals surface area contributed by atoms with Crippen molar-refractivity contribution in [3.05, 3.63) is 71.1 Å². The summed E-state index contributed by atoms with van der Waals surface area (Å²) in [7, 11) is 0. The van der Waals surface area contributed by atoms with Crippen molar-refractivity contribution in [2.24, 2.45) is 0 Å². The third kappa shape index (κ3) is 5.48. The number of hydrogen-bond acceptors (Lipinski definition) is 6. The van der Waals surface area contributed by atoms with Crippen LogP contribution in [-0.4, -0.2) is 53.7 Å². The molecule has 1 aliphatic heterocycles. The van der Waals surface area contributed by atoms with Gasteiger partial charge in [-0.15, -0.1) is 0 Å². The van der Waals surface area contributed by atoms with Gasteiger partial charge in [0.2, 0.25) is 0 Å². The number of benzene rings is 2. The molecule has 0 aliphatic carbocycles. The predicted octanol–water partition coefficient (Wildman–Crippen LogP) is 4.59. The molecule has 0 saturated carbocycles. The molecule has 0 atom stereocenters. The average molecular weight is 456 g/mol. The van der Waals surface area contributed by atoms with E-state index in [0.29, 0.717) is 30.0 Å². The molecule has 1 aromatic heterocycles. The number of nitrogens with one attached hydrogen (secondary N) is 1. The van der Waals surface area contributed by atoms with Crippen LogP contribution in [0.4, 0.5) is 20.2 Å². The second kappa shape index (κ2) is 9.99. The molecule has 0 bridgehead atoms. The van der Waals surface area contributed by atoms with Crippen molar-refractivity contribution in [3.63, 3.8) is 0 Å². The minimum absolute atomic E-state index is 0.0484. The van der Waals surface area contributed by atoms with Crippen molar-refractivity contribution in [2.45, 2.75) is 27.0 Å². The normalized spacial score (nSPS) is 14.5. The Labute approximate surface area is 190 Å². The monoisotopic (exact) mass is 456 g/mol. The van der Waals surface area contributed by atoms with E-state index in [2.05, 4.69) is 20.1 Å². The Morgan fingerprint density at radius 3 is 2.42 bits per heavy atom. The van der Waals surface area contributed by atoms with Gasteiger partial charge in [-0.3, -0.25) is 9.69 Å². The lowest BCUT2D eigenvalue weighted by atomic mass is 10.1. The zero-order valence-electron chi connectivity index (χ0n) is 18.6. The average Bonchev–Trinajstić information content (AvgIpc) is 3.12. The van der Waals surface area contributed by atoms with Crippen LogP contribution in [0.15, 0.2) is 53.1 Å². The number of anilines is 2. The Balaban J connectivity index is 1.39. The number of hydrogen-bond donors (Lipinski definition) is 1. The van der Waals surface area contributed by atoms with E-state index in [1.165, 1.54) is 12.1 Å². The van der Waals surface area contributed by atoms with E-state index in [-0.39, 0.29) is 11.7 Å². The van der Waals surface area contributed by atoms with Crippen LogP contribution in [0.2, 0.25) is 0 Å². The smallest absolute Gasteiger partial charge is 0.387 e. The molecule has 33 heavy (non-hydrogen) atoms. The van der Waals surface area contributed by atoms with Gasteiger partial charge in [0.05, 0.1) is 16.9 Å². The molecule has 1 saturated heterocycles. The second-order valence-electron chi connectivity index (χ2n) is 7.94. The fourth-order valence-corrected chi connectivity index (χ4v) is 3.88. The van der Waals surface area contributed by atoms with Crippen molar-refractivity contribution in [3.8, 4) is 5.75 Å². The van der Waals surface area contributed by atoms with Crippen LogP contribution in [0.25, 0.3) is 0 Å². The number of carbonyl (C=O) groups is 1. The van der Waals surface area contributed by atoms with Gasteiger partial charge < -0.3 is 19.5 Å². The van der Waals surface area contributed by atoms with Crippen LogP contribution in [0, 0.1) is 13.8 Å². The third-order valence-electron chi connectivity index (χ3n) is 5.74. The van der Waals surface area contributed by atoms with Crippen molar-refractivity contribution >= 4 is 17.3 Å². The van der Waals surface area contributed by atoms with E-state index in [4.69, 9.17) is 4.52 Å². The Bertz CT molecular complexity index is 1070. The van der Waals surface area contributed by atoms with Crippen LogP contribution in [0.5, 0.6) is 5.75 Å². The third-order valence-corrected chi connectivity index (χ3v) is 5.74. The van der Waals surface area contributed by atoms with Gasteiger partial charge in [-0.05, 0) is 50.2 Å². The summed E-state index contributed by atoms with van der Waals surface area (Å²) in [6.45, 7) is 4.51. The molecule has 7 nitrogen and oxygen atoms in total. The number of para-hydroxylation sites is 1. The number of amides is 1. The van der Waals surface area contributed by atoms with Crippen molar-refractivity contribution in [1.82, 2.24) is 15.0 Å². The number of aryl methyl sites for hydroxylation is 2. The lowest BCUT2D eigenvalue weighted by Gasteiger charge is -2.35. The number of nitrogens with zero attached hydrogens (tertiary/aromatic N) is 3. The van der Waals surface area contributed by atoms with Crippen molar-refractivity contribution in [1.29, 1.82) is 0 Å². The van der Waals surface area contributed by atoms with Crippen molar-refractivity contribution < 1.29 is 22.8 Å². The summed E-state index contributed by atoms with van der Waals surface area (Å²) in [6, 6.07) is 13.5. The molecular weight excluding hydrogens is 430 g/mol. The summed E-state index contributed by atoms with van der Waals surface area (Å²) in [5.41, 5.74) is 3.89. The second-order valence-corrected chi connectivity index (χ2v) is 7.94. The van der Waals surface area contributed by atoms with E-state index < -0.39 is 6.61 Å². The standard InChI is InChI=1S/C24H26F2N4O3/c1-16-21(17(2)33-28-16)15-29-11-13-30(14-12-29)23(31)20-5-3-4-6-22(20)27-18-7-9-19(10-8-18)32-24(25)26/h3-10,24,27H,11-15H2,1-2H3. The molecule has 1 amide bonds. The van der Waals surface area contributed by atoms with E-state index in [1.807, 2.05) is 36.9 Å². The number of carbonyl (C=O) groups excluding carboxylic acids is 1. The fourth-order valence-electron chi connectivity index (χ4n) is 3.88. The molecular formula is C24H26F2N4O3. The van der Waals surface area contributed by atoms with Gasteiger partial charge in [-0.1, -0.05) is 17.3 Å². The molecule has 0 spiro atoms. The number of halogens is 2. The van der Waals surface area contributed by atoms with Crippen LogP contribution in [0.3, 0.4) is 0 Å². The van der Waals surface area contributed by atoms with Gasteiger partial charge in [-0.25, -0.2) is 0 Å². The first-order chi connectivity index (χ1) is 15.9. The summed E-state index contributed by atoms with van der Waals surface area (Å²) in [6.07, 6.45) is 0. The van der Waals surface area contributed by atoms with Crippen LogP contribution in [-0.2, 0) is 6.54 Å². The van der Waals surface area contributed by atoms with E-state index >= 15 is 0 Å². The first-order valence-electron chi connectivity index (χ1n) is 10.7. The molecule has 174 valence electrons. The Morgan fingerprint density at radius 2 is 1.79 bits per heavy atom. The Morgan fingerprint density at radius 1 is 1.09 bits per heavy atom. The maximum atomic E-state index is 13.3. The summed E-state index contributed by atoms with van der Waals surface area (Å²) in [5, 5.41) is 7.22. The number of ether oxygens (including phenoxy) is 1. The lowest BCUT2D eigenvalue weighted by Crippen LogP contribution is -2.48. The van der Waals surface area contributed by atoms with E-state index in [0.717, 1.165) is 36.7 Å². The molecule has 4 rings (SSSR count). The maximum absolute atomic E-state index is 13.3. The molecule has 1 fully saturated rings. The molecule has 2 aromatic carbocycles. The predicted molar refractivity (Wildman–Crippen MR) is 120 cm³/mol. The summed E-state index contributed by atoms with van der Waals surface area (Å²) < 4.78 is 34.3.